The van der Waals surface area contributed by atoms with Crippen molar-refractivity contribution in [2.75, 3.05) is 6.54 Å². The fourth-order valence-corrected chi connectivity index (χ4v) is 2.17. The largest absolute Gasteiger partial charge is 0.416 e. The molecule has 1 aromatic rings. The number of benzene rings is 1. The second-order valence-corrected chi connectivity index (χ2v) is 4.97. The Hall–Kier alpha value is -1.56. The molecule has 0 saturated heterocycles. The van der Waals surface area contributed by atoms with Gasteiger partial charge in [-0.3, -0.25) is 4.79 Å². The number of halogens is 3. The molecule has 110 valence electrons. The fourth-order valence-electron chi connectivity index (χ4n) is 2.17. The molecule has 0 heterocycles. The molecule has 0 bridgehead atoms. The summed E-state index contributed by atoms with van der Waals surface area (Å²) >= 11 is 0. The number of carbonyl (C=O) groups excluding carboxylic acids is 1. The zero-order valence-electron chi connectivity index (χ0n) is 10.8. The third kappa shape index (κ3) is 3.30. The Balaban J connectivity index is 2.01. The van der Waals surface area contributed by atoms with E-state index in [2.05, 4.69) is 5.32 Å². The molecule has 0 spiro atoms. The number of hydrogen-bond donors (Lipinski definition) is 2. The van der Waals surface area contributed by atoms with Crippen molar-refractivity contribution in [1.29, 1.82) is 0 Å². The van der Waals surface area contributed by atoms with Gasteiger partial charge in [-0.1, -0.05) is 24.6 Å². The van der Waals surface area contributed by atoms with Crippen LogP contribution in [0.15, 0.2) is 24.3 Å². The molecule has 1 aliphatic rings. The second-order valence-electron chi connectivity index (χ2n) is 4.97. The summed E-state index contributed by atoms with van der Waals surface area (Å²) in [6.45, 7) is -0.206. The van der Waals surface area contributed by atoms with Crippen molar-refractivity contribution in [1.82, 2.24) is 5.32 Å². The van der Waals surface area contributed by atoms with E-state index >= 15 is 0 Å². The monoisotopic (exact) mass is 287 g/mol. The van der Waals surface area contributed by atoms with Gasteiger partial charge in [0.15, 0.2) is 0 Å². The van der Waals surface area contributed by atoms with Crippen molar-refractivity contribution < 1.29 is 23.1 Å². The number of aliphatic hydroxyl groups is 1. The summed E-state index contributed by atoms with van der Waals surface area (Å²) in [4.78, 5) is 11.6. The summed E-state index contributed by atoms with van der Waals surface area (Å²) < 4.78 is 38.4. The minimum Gasteiger partial charge on any atom is -0.387 e. The maximum Gasteiger partial charge on any atom is 0.416 e. The predicted molar refractivity (Wildman–Crippen MR) is 66.8 cm³/mol. The summed E-state index contributed by atoms with van der Waals surface area (Å²) in [5.74, 6) is -0.250. The van der Waals surface area contributed by atoms with Crippen molar-refractivity contribution in [2.24, 2.45) is 5.92 Å². The van der Waals surface area contributed by atoms with Crippen LogP contribution < -0.4 is 5.32 Å². The van der Waals surface area contributed by atoms with Crippen LogP contribution in [0.1, 0.15) is 36.5 Å². The highest BCUT2D eigenvalue weighted by Gasteiger charge is 2.34. The van der Waals surface area contributed by atoms with Gasteiger partial charge < -0.3 is 10.4 Å². The molecule has 1 aliphatic carbocycles. The Labute approximate surface area is 114 Å². The molecule has 2 rings (SSSR count). The lowest BCUT2D eigenvalue weighted by molar-refractivity contribution is -0.139. The predicted octanol–water partition coefficient (Wildman–Crippen LogP) is 2.66. The van der Waals surface area contributed by atoms with Gasteiger partial charge in [0.05, 0.1) is 11.7 Å². The number of rotatable bonds is 4. The number of aliphatic hydroxyl groups excluding tert-OH is 1. The van der Waals surface area contributed by atoms with Crippen molar-refractivity contribution >= 4 is 5.91 Å². The van der Waals surface area contributed by atoms with E-state index in [1.807, 2.05) is 0 Å². The highest BCUT2D eigenvalue weighted by Crippen LogP contribution is 2.34. The summed E-state index contributed by atoms with van der Waals surface area (Å²) in [6.07, 6.45) is -3.27. The van der Waals surface area contributed by atoms with Crippen LogP contribution in [0.2, 0.25) is 0 Å². The van der Waals surface area contributed by atoms with E-state index in [1.54, 1.807) is 0 Å². The molecule has 1 amide bonds. The van der Waals surface area contributed by atoms with Crippen molar-refractivity contribution in [3.63, 3.8) is 0 Å². The quantitative estimate of drug-likeness (QED) is 0.894. The van der Waals surface area contributed by atoms with E-state index in [0.717, 1.165) is 25.3 Å². The molecule has 0 unspecified atom stereocenters. The second kappa shape index (κ2) is 5.83. The molecule has 2 N–H and O–H groups in total. The number of carbonyl (C=O) groups is 1. The average Bonchev–Trinajstić information content (AvgIpc) is 2.33. The lowest BCUT2D eigenvalue weighted by Gasteiger charge is -2.25. The van der Waals surface area contributed by atoms with Crippen LogP contribution in [-0.4, -0.2) is 17.6 Å². The highest BCUT2D eigenvalue weighted by atomic mass is 19.4. The standard InChI is InChI=1S/C14H16F3NO2/c15-14(16,17)11-7-2-1-6-10(11)12(19)8-18-13(20)9-4-3-5-9/h1-2,6-7,9,12,19H,3-5,8H2,(H,18,20)/t12-/m0/s1. The average molecular weight is 287 g/mol. The molecule has 20 heavy (non-hydrogen) atoms. The van der Waals surface area contributed by atoms with E-state index in [1.165, 1.54) is 18.2 Å². The smallest absolute Gasteiger partial charge is 0.387 e. The molecular formula is C14H16F3NO2. The van der Waals surface area contributed by atoms with Crippen LogP contribution in [0.4, 0.5) is 13.2 Å². The molecule has 1 aromatic carbocycles. The van der Waals surface area contributed by atoms with Gasteiger partial charge in [-0.15, -0.1) is 0 Å². The maximum atomic E-state index is 12.8. The zero-order chi connectivity index (χ0) is 14.8. The first-order chi connectivity index (χ1) is 9.39. The van der Waals surface area contributed by atoms with Gasteiger partial charge >= 0.3 is 6.18 Å². The van der Waals surface area contributed by atoms with Gasteiger partial charge in [0.1, 0.15) is 0 Å². The Bertz CT molecular complexity index is 484. The Morgan fingerprint density at radius 1 is 1.35 bits per heavy atom. The van der Waals surface area contributed by atoms with Gasteiger partial charge in [-0.05, 0) is 24.5 Å². The summed E-state index contributed by atoms with van der Waals surface area (Å²) in [5.41, 5.74) is -1.08. The van der Waals surface area contributed by atoms with E-state index in [4.69, 9.17) is 0 Å². The molecule has 6 heteroatoms. The highest BCUT2D eigenvalue weighted by molar-refractivity contribution is 5.79. The number of alkyl halides is 3. The van der Waals surface area contributed by atoms with Crippen LogP contribution in [0.5, 0.6) is 0 Å². The lowest BCUT2D eigenvalue weighted by Crippen LogP contribution is -2.37. The third-order valence-corrected chi connectivity index (χ3v) is 3.57. The molecule has 3 nitrogen and oxygen atoms in total. The molecule has 0 aliphatic heterocycles. The minimum absolute atomic E-state index is 0.0555. The summed E-state index contributed by atoms with van der Waals surface area (Å²) in [7, 11) is 0. The van der Waals surface area contributed by atoms with Crippen molar-refractivity contribution in [3.05, 3.63) is 35.4 Å². The first-order valence-electron chi connectivity index (χ1n) is 6.51. The first-order valence-corrected chi connectivity index (χ1v) is 6.51. The zero-order valence-corrected chi connectivity index (χ0v) is 10.8. The number of amides is 1. The van der Waals surface area contributed by atoms with Gasteiger partial charge in [0, 0.05) is 12.5 Å². The first kappa shape index (κ1) is 14.8. The topological polar surface area (TPSA) is 49.3 Å². The summed E-state index contributed by atoms with van der Waals surface area (Å²) in [6, 6.07) is 4.85. The van der Waals surface area contributed by atoms with Gasteiger partial charge in [-0.25, -0.2) is 0 Å². The van der Waals surface area contributed by atoms with Crippen LogP contribution in [0.25, 0.3) is 0 Å². The molecule has 0 aromatic heterocycles. The fraction of sp³-hybridized carbons (Fsp3) is 0.500. The minimum atomic E-state index is -4.52. The van der Waals surface area contributed by atoms with Crippen LogP contribution in [-0.2, 0) is 11.0 Å². The van der Waals surface area contributed by atoms with Crippen molar-refractivity contribution in [3.8, 4) is 0 Å². The van der Waals surface area contributed by atoms with Gasteiger partial charge in [-0.2, -0.15) is 13.2 Å². The maximum absolute atomic E-state index is 12.8. The third-order valence-electron chi connectivity index (χ3n) is 3.57. The van der Waals surface area contributed by atoms with E-state index in [0.29, 0.717) is 0 Å². The molecule has 1 saturated carbocycles. The molecule has 0 radical (unpaired) electrons. The Morgan fingerprint density at radius 2 is 2.00 bits per heavy atom. The van der Waals surface area contributed by atoms with E-state index in [9.17, 15) is 23.1 Å². The lowest BCUT2D eigenvalue weighted by atomic mass is 9.85. The molecular weight excluding hydrogens is 271 g/mol. The van der Waals surface area contributed by atoms with Gasteiger partial charge in [0.2, 0.25) is 5.91 Å². The van der Waals surface area contributed by atoms with Crippen LogP contribution in [0.3, 0.4) is 0 Å². The molecule has 1 atom stereocenters. The Kier molecular flexibility index (Phi) is 4.32. The van der Waals surface area contributed by atoms with Crippen molar-refractivity contribution in [2.45, 2.75) is 31.5 Å². The van der Waals surface area contributed by atoms with E-state index in [-0.39, 0.29) is 23.9 Å². The number of nitrogens with one attached hydrogen (secondary N) is 1. The van der Waals surface area contributed by atoms with E-state index < -0.39 is 17.8 Å². The normalized spacial score (nSPS) is 17.4. The van der Waals surface area contributed by atoms with Crippen LogP contribution in [0, 0.1) is 5.92 Å². The number of hydrogen-bond acceptors (Lipinski definition) is 2. The SMILES string of the molecule is O=C(NC[C@H](O)c1ccccc1C(F)(F)F)C1CCC1. The van der Waals surface area contributed by atoms with Gasteiger partial charge in [0.25, 0.3) is 0 Å². The summed E-state index contributed by atoms with van der Waals surface area (Å²) in [5, 5.41) is 12.4. The van der Waals surface area contributed by atoms with Crippen LogP contribution >= 0.6 is 0 Å². The molecule has 1 fully saturated rings. The Morgan fingerprint density at radius 3 is 2.55 bits per heavy atom.